The molecule has 0 spiro atoms. The highest BCUT2D eigenvalue weighted by Crippen LogP contribution is 2.38. The minimum absolute atomic E-state index is 0.0300. The second-order valence-electron chi connectivity index (χ2n) is 22.1. The summed E-state index contributed by atoms with van der Waals surface area (Å²) in [6.45, 7) is 4.24. The monoisotopic (exact) mass is 1040 g/mol. The lowest BCUT2D eigenvalue weighted by molar-refractivity contribution is -0.870. The molecule has 0 fully saturated rings. The molecule has 0 aromatic rings. The molecule has 0 bridgehead atoms. The fourth-order valence-electron chi connectivity index (χ4n) is 8.86. The van der Waals surface area contributed by atoms with Gasteiger partial charge in [-0.15, -0.1) is 0 Å². The van der Waals surface area contributed by atoms with E-state index in [-0.39, 0.29) is 32.0 Å². The topological polar surface area (TPSA) is 111 Å². The number of carbonyl (C=O) groups is 2. The third-order valence-electron chi connectivity index (χ3n) is 13.6. The van der Waals surface area contributed by atoms with Gasteiger partial charge in [0, 0.05) is 12.8 Å². The molecule has 0 radical (unpaired) electrons. The van der Waals surface area contributed by atoms with Gasteiger partial charge in [-0.3, -0.25) is 14.2 Å². The van der Waals surface area contributed by atoms with E-state index in [1.807, 2.05) is 21.1 Å². The number of likely N-dealkylation sites (N-methyl/N-ethyl adjacent to an activating group) is 1. The Morgan fingerprint density at radius 3 is 1.12 bits per heavy atom. The molecule has 0 saturated heterocycles. The summed E-state index contributed by atoms with van der Waals surface area (Å²) in [6.07, 6.45) is 66.5. The van der Waals surface area contributed by atoms with Crippen molar-refractivity contribution in [3.05, 3.63) is 36.5 Å². The zero-order chi connectivity index (χ0) is 52.7. The number of phosphoric ester groups is 1. The Hall–Kier alpha value is -1.77. The molecular formula is C62H118NO8P. The molecule has 0 amide bonds. The Kier molecular flexibility index (Phi) is 52.7. The van der Waals surface area contributed by atoms with Crippen LogP contribution >= 0.6 is 7.82 Å². The van der Waals surface area contributed by atoms with Crippen LogP contribution in [0.1, 0.15) is 296 Å². The van der Waals surface area contributed by atoms with Crippen LogP contribution in [0.4, 0.5) is 0 Å². The SMILES string of the molecule is CCCCCC/C=C\CCCCCCCC(=O)OCC(COP(=O)([O-])OCC[N+](C)(C)C)OC(=O)CCCCCCCCCCCCCCCCCCCCCCCCC/C=C\C/C=C\CCCCCCC. The summed E-state index contributed by atoms with van der Waals surface area (Å²) in [5.74, 6) is -0.831. The lowest BCUT2D eigenvalue weighted by Crippen LogP contribution is -2.37. The van der Waals surface area contributed by atoms with Crippen LogP contribution in [-0.2, 0) is 32.7 Å². The van der Waals surface area contributed by atoms with Crippen LogP contribution in [0.25, 0.3) is 0 Å². The molecule has 0 rings (SSSR count). The van der Waals surface area contributed by atoms with Gasteiger partial charge in [-0.25, -0.2) is 0 Å². The number of carbonyl (C=O) groups excluding carboxylic acids is 2. The Morgan fingerprint density at radius 2 is 0.750 bits per heavy atom. The quantitative estimate of drug-likeness (QED) is 0.0195. The molecule has 0 aromatic carbocycles. The van der Waals surface area contributed by atoms with Crippen LogP contribution in [-0.4, -0.2) is 70.0 Å². The molecule has 0 aliphatic carbocycles. The predicted molar refractivity (Wildman–Crippen MR) is 305 cm³/mol. The second kappa shape index (κ2) is 54.0. The zero-order valence-corrected chi connectivity index (χ0v) is 49.0. The average molecular weight is 1040 g/mol. The van der Waals surface area contributed by atoms with E-state index in [1.165, 1.54) is 205 Å². The number of allylic oxidation sites excluding steroid dienone is 6. The number of ether oxygens (including phenoxy) is 2. The largest absolute Gasteiger partial charge is 0.756 e. The average Bonchev–Trinajstić information content (AvgIpc) is 3.34. The van der Waals surface area contributed by atoms with Gasteiger partial charge in [-0.05, 0) is 70.6 Å². The number of rotatable bonds is 57. The molecule has 424 valence electrons. The number of nitrogens with zero attached hydrogens (tertiary/aromatic N) is 1. The van der Waals surface area contributed by atoms with E-state index in [4.69, 9.17) is 18.5 Å². The van der Waals surface area contributed by atoms with E-state index < -0.39 is 26.5 Å². The summed E-state index contributed by atoms with van der Waals surface area (Å²) >= 11 is 0. The summed E-state index contributed by atoms with van der Waals surface area (Å²) in [5, 5.41) is 0. The predicted octanol–water partition coefficient (Wildman–Crippen LogP) is 18.5. The van der Waals surface area contributed by atoms with Gasteiger partial charge in [0.1, 0.15) is 19.8 Å². The third-order valence-corrected chi connectivity index (χ3v) is 14.6. The molecule has 10 heteroatoms. The minimum Gasteiger partial charge on any atom is -0.756 e. The first-order valence-electron chi connectivity index (χ1n) is 30.7. The van der Waals surface area contributed by atoms with Gasteiger partial charge in [-0.2, -0.15) is 0 Å². The first-order chi connectivity index (χ1) is 35.0. The van der Waals surface area contributed by atoms with Crippen molar-refractivity contribution < 1.29 is 42.1 Å². The number of hydrogen-bond donors (Lipinski definition) is 0. The molecule has 0 N–H and O–H groups in total. The van der Waals surface area contributed by atoms with E-state index in [0.717, 1.165) is 57.8 Å². The number of esters is 2. The molecule has 0 aliphatic heterocycles. The van der Waals surface area contributed by atoms with Crippen LogP contribution in [0.5, 0.6) is 0 Å². The van der Waals surface area contributed by atoms with Gasteiger partial charge in [0.05, 0.1) is 27.7 Å². The van der Waals surface area contributed by atoms with Gasteiger partial charge >= 0.3 is 11.9 Å². The first-order valence-corrected chi connectivity index (χ1v) is 32.2. The van der Waals surface area contributed by atoms with E-state index >= 15 is 0 Å². The lowest BCUT2D eigenvalue weighted by Gasteiger charge is -2.28. The highest BCUT2D eigenvalue weighted by Gasteiger charge is 2.22. The number of quaternary nitrogens is 1. The van der Waals surface area contributed by atoms with E-state index in [0.29, 0.717) is 17.4 Å². The highest BCUT2D eigenvalue weighted by molar-refractivity contribution is 7.45. The molecule has 0 aliphatic rings. The van der Waals surface area contributed by atoms with Crippen LogP contribution in [0.2, 0.25) is 0 Å². The third kappa shape index (κ3) is 57.5. The van der Waals surface area contributed by atoms with Crippen LogP contribution < -0.4 is 4.89 Å². The van der Waals surface area contributed by atoms with Gasteiger partial charge in [0.25, 0.3) is 7.82 Å². The first kappa shape index (κ1) is 70.2. The second-order valence-corrected chi connectivity index (χ2v) is 23.5. The molecule has 2 atom stereocenters. The summed E-state index contributed by atoms with van der Waals surface area (Å²) in [5.41, 5.74) is 0. The maximum absolute atomic E-state index is 12.8. The van der Waals surface area contributed by atoms with E-state index in [1.54, 1.807) is 0 Å². The van der Waals surface area contributed by atoms with Gasteiger partial charge in [0.15, 0.2) is 6.10 Å². The van der Waals surface area contributed by atoms with Crippen LogP contribution in [0, 0.1) is 0 Å². The van der Waals surface area contributed by atoms with Crippen molar-refractivity contribution in [3.63, 3.8) is 0 Å². The van der Waals surface area contributed by atoms with Crippen molar-refractivity contribution in [3.8, 4) is 0 Å². The molecule has 0 aromatic heterocycles. The summed E-state index contributed by atoms with van der Waals surface area (Å²) in [7, 11) is 1.17. The van der Waals surface area contributed by atoms with Crippen molar-refractivity contribution in [1.29, 1.82) is 0 Å². The highest BCUT2D eigenvalue weighted by atomic mass is 31.2. The Labute approximate surface area is 446 Å². The van der Waals surface area contributed by atoms with Crippen LogP contribution in [0.3, 0.4) is 0 Å². The maximum Gasteiger partial charge on any atom is 0.306 e. The van der Waals surface area contributed by atoms with Gasteiger partial charge < -0.3 is 27.9 Å². The summed E-state index contributed by atoms with van der Waals surface area (Å²) in [6, 6.07) is 0. The van der Waals surface area contributed by atoms with E-state index in [2.05, 4.69) is 50.3 Å². The van der Waals surface area contributed by atoms with Crippen molar-refractivity contribution in [2.75, 3.05) is 47.5 Å². The standard InChI is InChI=1S/C62H118NO8P/c1-6-8-10-12-14-16-18-20-21-22-23-24-25-26-27-28-29-30-31-32-33-34-35-36-37-38-39-40-41-43-45-47-49-51-53-55-62(65)71-60(59-70-72(66,67)69-57-56-63(3,4)5)58-68-61(64)54-52-50-48-46-44-42-19-17-15-13-11-9-7-2/h17-20,22-23,60H,6-16,21,24-59H2,1-5H3/b19-17-,20-18-,23-22-. The molecule has 0 heterocycles. The lowest BCUT2D eigenvalue weighted by atomic mass is 10.0. The van der Waals surface area contributed by atoms with Crippen molar-refractivity contribution in [1.82, 2.24) is 0 Å². The fraction of sp³-hybridized carbons (Fsp3) is 0.871. The Morgan fingerprint density at radius 1 is 0.431 bits per heavy atom. The van der Waals surface area contributed by atoms with Gasteiger partial charge in [0.2, 0.25) is 0 Å². The molecule has 9 nitrogen and oxygen atoms in total. The molecule has 0 saturated carbocycles. The zero-order valence-electron chi connectivity index (χ0n) is 48.1. The summed E-state index contributed by atoms with van der Waals surface area (Å²) < 4.78 is 34.1. The summed E-state index contributed by atoms with van der Waals surface area (Å²) in [4.78, 5) is 37.8. The number of phosphoric acid groups is 1. The maximum atomic E-state index is 12.8. The van der Waals surface area contributed by atoms with Crippen molar-refractivity contribution >= 4 is 19.8 Å². The Balaban J connectivity index is 3.93. The minimum atomic E-state index is -4.63. The Bertz CT molecular complexity index is 1310. The van der Waals surface area contributed by atoms with Crippen molar-refractivity contribution in [2.24, 2.45) is 0 Å². The molecule has 2 unspecified atom stereocenters. The molecule has 72 heavy (non-hydrogen) atoms. The normalized spacial score (nSPS) is 13.5. The van der Waals surface area contributed by atoms with Gasteiger partial charge in [-0.1, -0.05) is 249 Å². The van der Waals surface area contributed by atoms with E-state index in [9.17, 15) is 19.0 Å². The van der Waals surface area contributed by atoms with Crippen LogP contribution in [0.15, 0.2) is 36.5 Å². The fourth-order valence-corrected chi connectivity index (χ4v) is 9.59. The smallest absolute Gasteiger partial charge is 0.306 e. The van der Waals surface area contributed by atoms with Crippen molar-refractivity contribution in [2.45, 2.75) is 302 Å². The molecular weight excluding hydrogens is 918 g/mol. The number of unbranched alkanes of at least 4 members (excludes halogenated alkanes) is 37. The number of hydrogen-bond acceptors (Lipinski definition) is 8.